The lowest BCUT2D eigenvalue weighted by Crippen LogP contribution is -2.46. The number of ether oxygens (including phenoxy) is 2. The van der Waals surface area contributed by atoms with Gasteiger partial charge in [0.2, 0.25) is 16.1 Å². The fourth-order valence-electron chi connectivity index (χ4n) is 3.29. The second-order valence-electron chi connectivity index (χ2n) is 6.68. The molecule has 0 unspecified atom stereocenters. The van der Waals surface area contributed by atoms with Crippen LogP contribution in [-0.4, -0.2) is 52.0 Å². The number of carbonyl (C=O) groups excluding carboxylic acids is 1. The highest BCUT2D eigenvalue weighted by atomic mass is 32.2. The molecule has 0 N–H and O–H groups in total. The standard InChI is InChI=1S/C19H20N2O5S/c1-20(2)27(23,24)14-7-8-15-13(11-14)9-10-21(15)19(22)18-12-25-16-5-3-4-6-17(16)26-18/h3-8,11,18H,9-10,12H2,1-2H3/t18-/m1/s1. The summed E-state index contributed by atoms with van der Waals surface area (Å²) in [4.78, 5) is 14.8. The molecule has 2 aromatic rings. The second kappa shape index (κ2) is 6.54. The highest BCUT2D eigenvalue weighted by molar-refractivity contribution is 7.89. The molecule has 0 aliphatic carbocycles. The molecule has 1 amide bonds. The number of sulfonamides is 1. The van der Waals surface area contributed by atoms with Crippen LogP contribution in [0.2, 0.25) is 0 Å². The van der Waals surface area contributed by atoms with Crippen LogP contribution in [0.15, 0.2) is 47.4 Å². The predicted molar refractivity (Wildman–Crippen MR) is 99.7 cm³/mol. The number of amides is 1. The molecule has 2 aliphatic heterocycles. The van der Waals surface area contributed by atoms with Gasteiger partial charge in [-0.3, -0.25) is 4.79 Å². The Morgan fingerprint density at radius 3 is 2.63 bits per heavy atom. The van der Waals surface area contributed by atoms with Crippen LogP contribution in [0.1, 0.15) is 5.56 Å². The third-order valence-corrected chi connectivity index (χ3v) is 6.59. The fraction of sp³-hybridized carbons (Fsp3) is 0.316. The van der Waals surface area contributed by atoms with Crippen molar-refractivity contribution in [3.05, 3.63) is 48.0 Å². The first-order valence-electron chi connectivity index (χ1n) is 8.63. The van der Waals surface area contributed by atoms with Gasteiger partial charge in [-0.1, -0.05) is 12.1 Å². The molecule has 7 nitrogen and oxygen atoms in total. The third kappa shape index (κ3) is 3.04. The lowest BCUT2D eigenvalue weighted by Gasteiger charge is -2.29. The first-order valence-corrected chi connectivity index (χ1v) is 10.1. The molecule has 27 heavy (non-hydrogen) atoms. The molecule has 8 heteroatoms. The molecule has 2 heterocycles. The number of anilines is 1. The van der Waals surface area contributed by atoms with Crippen LogP contribution in [0.4, 0.5) is 5.69 Å². The average molecular weight is 388 g/mol. The Kier molecular flexibility index (Phi) is 4.32. The zero-order chi connectivity index (χ0) is 19.2. The molecule has 0 bridgehead atoms. The summed E-state index contributed by atoms with van der Waals surface area (Å²) in [7, 11) is -0.512. The van der Waals surface area contributed by atoms with Crippen molar-refractivity contribution in [1.82, 2.24) is 4.31 Å². The largest absolute Gasteiger partial charge is 0.485 e. The topological polar surface area (TPSA) is 76.2 Å². The molecule has 2 aromatic carbocycles. The highest BCUT2D eigenvalue weighted by Crippen LogP contribution is 2.34. The highest BCUT2D eigenvalue weighted by Gasteiger charge is 2.35. The Morgan fingerprint density at radius 2 is 1.89 bits per heavy atom. The van der Waals surface area contributed by atoms with Crippen LogP contribution in [0, 0.1) is 0 Å². The van der Waals surface area contributed by atoms with Gasteiger partial charge in [-0.25, -0.2) is 12.7 Å². The Morgan fingerprint density at radius 1 is 1.15 bits per heavy atom. The van der Waals surface area contributed by atoms with E-state index in [-0.39, 0.29) is 17.4 Å². The van der Waals surface area contributed by atoms with Crippen LogP contribution in [0.3, 0.4) is 0 Å². The van der Waals surface area contributed by atoms with Gasteiger partial charge in [0.15, 0.2) is 11.5 Å². The summed E-state index contributed by atoms with van der Waals surface area (Å²) < 4.78 is 37.3. The van der Waals surface area contributed by atoms with E-state index in [9.17, 15) is 13.2 Å². The van der Waals surface area contributed by atoms with E-state index in [1.807, 2.05) is 12.1 Å². The zero-order valence-corrected chi connectivity index (χ0v) is 15.9. The van der Waals surface area contributed by atoms with Gasteiger partial charge >= 0.3 is 0 Å². The van der Waals surface area contributed by atoms with Gasteiger partial charge < -0.3 is 14.4 Å². The van der Waals surface area contributed by atoms with Crippen LogP contribution in [-0.2, 0) is 21.2 Å². The molecule has 142 valence electrons. The summed E-state index contributed by atoms with van der Waals surface area (Å²) in [5.74, 6) is 0.988. The van der Waals surface area contributed by atoms with Gasteiger partial charge in [0.1, 0.15) is 6.61 Å². The number of hydrogen-bond donors (Lipinski definition) is 0. The van der Waals surface area contributed by atoms with E-state index in [2.05, 4.69) is 0 Å². The first-order chi connectivity index (χ1) is 12.9. The van der Waals surface area contributed by atoms with Crippen LogP contribution >= 0.6 is 0 Å². The van der Waals surface area contributed by atoms with Gasteiger partial charge in [0.25, 0.3) is 5.91 Å². The minimum atomic E-state index is -3.50. The summed E-state index contributed by atoms with van der Waals surface area (Å²) in [5, 5.41) is 0. The fourth-order valence-corrected chi connectivity index (χ4v) is 4.25. The molecule has 0 radical (unpaired) electrons. The minimum absolute atomic E-state index is 0.148. The molecule has 0 saturated carbocycles. The predicted octanol–water partition coefficient (Wildman–Crippen LogP) is 1.67. The molecular weight excluding hydrogens is 368 g/mol. The van der Waals surface area contributed by atoms with Crippen molar-refractivity contribution in [2.45, 2.75) is 17.4 Å². The van der Waals surface area contributed by atoms with Gasteiger partial charge in [-0.05, 0) is 42.3 Å². The maximum absolute atomic E-state index is 13.0. The van der Waals surface area contributed by atoms with Gasteiger partial charge in [0.05, 0.1) is 4.90 Å². The second-order valence-corrected chi connectivity index (χ2v) is 8.83. The molecule has 0 fully saturated rings. The van der Waals surface area contributed by atoms with Crippen molar-refractivity contribution in [2.75, 3.05) is 32.1 Å². The summed E-state index contributed by atoms with van der Waals surface area (Å²) >= 11 is 0. The Bertz CT molecular complexity index is 1000. The maximum atomic E-state index is 13.0. The number of benzene rings is 2. The van der Waals surface area contributed by atoms with Gasteiger partial charge in [-0.15, -0.1) is 0 Å². The van der Waals surface area contributed by atoms with E-state index in [0.717, 1.165) is 11.3 Å². The molecule has 0 spiro atoms. The maximum Gasteiger partial charge on any atom is 0.271 e. The Balaban J connectivity index is 1.57. The van der Waals surface area contributed by atoms with Crippen LogP contribution in [0.25, 0.3) is 0 Å². The summed E-state index contributed by atoms with van der Waals surface area (Å²) in [6, 6.07) is 12.1. The number of para-hydroxylation sites is 2. The summed E-state index contributed by atoms with van der Waals surface area (Å²) in [6.07, 6.45) is -0.127. The lowest BCUT2D eigenvalue weighted by atomic mass is 10.2. The van der Waals surface area contributed by atoms with E-state index in [4.69, 9.17) is 9.47 Å². The van der Waals surface area contributed by atoms with Crippen molar-refractivity contribution in [2.24, 2.45) is 0 Å². The number of hydrogen-bond acceptors (Lipinski definition) is 5. The van der Waals surface area contributed by atoms with Crippen molar-refractivity contribution < 1.29 is 22.7 Å². The van der Waals surface area contributed by atoms with E-state index >= 15 is 0 Å². The van der Waals surface area contributed by atoms with Crippen molar-refractivity contribution in [1.29, 1.82) is 0 Å². The monoisotopic (exact) mass is 388 g/mol. The van der Waals surface area contributed by atoms with Gasteiger partial charge in [0, 0.05) is 26.3 Å². The number of carbonyl (C=O) groups is 1. The Hall–Kier alpha value is -2.58. The molecule has 0 aromatic heterocycles. The van der Waals surface area contributed by atoms with E-state index in [0.29, 0.717) is 24.5 Å². The average Bonchev–Trinajstić information content (AvgIpc) is 3.10. The van der Waals surface area contributed by atoms with E-state index in [1.165, 1.54) is 24.5 Å². The smallest absolute Gasteiger partial charge is 0.271 e. The molecule has 4 rings (SSSR count). The summed E-state index contributed by atoms with van der Waals surface area (Å²) in [5.41, 5.74) is 1.56. The van der Waals surface area contributed by atoms with Crippen molar-refractivity contribution in [3.8, 4) is 11.5 Å². The molecule has 0 saturated heterocycles. The number of rotatable bonds is 3. The lowest BCUT2D eigenvalue weighted by molar-refractivity contribution is -0.127. The Labute approximate surface area is 158 Å². The van der Waals surface area contributed by atoms with E-state index < -0.39 is 16.1 Å². The van der Waals surface area contributed by atoms with Crippen LogP contribution < -0.4 is 14.4 Å². The SMILES string of the molecule is CN(C)S(=O)(=O)c1ccc2c(c1)CCN2C(=O)[C@H]1COc2ccccc2O1. The third-order valence-electron chi connectivity index (χ3n) is 4.78. The molecule has 2 aliphatic rings. The van der Waals surface area contributed by atoms with Crippen LogP contribution in [0.5, 0.6) is 11.5 Å². The quantitative estimate of drug-likeness (QED) is 0.799. The molecular formula is C19H20N2O5S. The zero-order valence-electron chi connectivity index (χ0n) is 15.1. The summed E-state index contributed by atoms with van der Waals surface area (Å²) in [6.45, 7) is 0.635. The van der Waals surface area contributed by atoms with Gasteiger partial charge in [-0.2, -0.15) is 0 Å². The van der Waals surface area contributed by atoms with Crippen molar-refractivity contribution in [3.63, 3.8) is 0 Å². The number of fused-ring (bicyclic) bond motifs is 2. The minimum Gasteiger partial charge on any atom is -0.485 e. The van der Waals surface area contributed by atoms with E-state index in [1.54, 1.807) is 29.2 Å². The molecule has 1 atom stereocenters. The number of nitrogens with zero attached hydrogens (tertiary/aromatic N) is 2. The van der Waals surface area contributed by atoms with Crippen molar-refractivity contribution >= 4 is 21.6 Å². The normalized spacial score (nSPS) is 18.5. The first kappa shape index (κ1) is 17.8.